The first-order valence-electron chi connectivity index (χ1n) is 7.78. The summed E-state index contributed by atoms with van der Waals surface area (Å²) in [5.41, 5.74) is 4.12. The van der Waals surface area contributed by atoms with Gasteiger partial charge in [-0.15, -0.1) is 0 Å². The summed E-state index contributed by atoms with van der Waals surface area (Å²) in [6, 6.07) is 9.50. The van der Waals surface area contributed by atoms with Crippen LogP contribution < -0.4 is 4.74 Å². The van der Waals surface area contributed by atoms with Crippen molar-refractivity contribution in [2.24, 2.45) is 0 Å². The summed E-state index contributed by atoms with van der Waals surface area (Å²) in [5.74, 6) is 2.10. The van der Waals surface area contributed by atoms with E-state index in [2.05, 4.69) is 12.1 Å². The average Bonchev–Trinajstić information content (AvgIpc) is 2.43. The third-order valence-electron chi connectivity index (χ3n) is 3.77. The van der Waals surface area contributed by atoms with Gasteiger partial charge in [0.15, 0.2) is 0 Å². The maximum absolute atomic E-state index is 9.92. The Bertz CT molecular complexity index is 670. The second-order valence-corrected chi connectivity index (χ2v) is 7.98. The number of ether oxygens (including phenoxy) is 1. The smallest absolute Gasteiger partial charge is 0.133 e. The van der Waals surface area contributed by atoms with Crippen LogP contribution >= 0.6 is 8.15 Å². The number of phenols is 1. The Morgan fingerprint density at radius 1 is 1.09 bits per heavy atom. The molecule has 124 valence electrons. The van der Waals surface area contributed by atoms with Gasteiger partial charge in [0.25, 0.3) is 0 Å². The lowest BCUT2D eigenvalue weighted by molar-refractivity contribution is 0.452. The van der Waals surface area contributed by atoms with E-state index in [4.69, 9.17) is 4.74 Å². The van der Waals surface area contributed by atoms with Crippen LogP contribution in [0.2, 0.25) is 0 Å². The van der Waals surface area contributed by atoms with Gasteiger partial charge >= 0.3 is 0 Å². The molecule has 0 amide bonds. The number of aryl methyl sites for hydroxylation is 2. The predicted molar refractivity (Wildman–Crippen MR) is 97.0 cm³/mol. The van der Waals surface area contributed by atoms with Gasteiger partial charge in [-0.05, 0) is 61.3 Å². The van der Waals surface area contributed by atoms with Crippen LogP contribution in [-0.2, 0) is 6.16 Å². The molecule has 1 atom stereocenters. The van der Waals surface area contributed by atoms with Crippen LogP contribution in [0.3, 0.4) is 0 Å². The lowest BCUT2D eigenvalue weighted by Gasteiger charge is -2.16. The zero-order valence-corrected chi connectivity index (χ0v) is 15.3. The van der Waals surface area contributed by atoms with Crippen molar-refractivity contribution in [3.8, 4) is 17.2 Å². The first-order valence-corrected chi connectivity index (χ1v) is 9.71. The van der Waals surface area contributed by atoms with E-state index in [1.807, 2.05) is 40.4 Å². The summed E-state index contributed by atoms with van der Waals surface area (Å²) < 4.78 is 6.08. The second-order valence-electron chi connectivity index (χ2n) is 6.35. The van der Waals surface area contributed by atoms with Gasteiger partial charge in [0.1, 0.15) is 17.2 Å². The highest BCUT2D eigenvalue weighted by atomic mass is 31.1. The Morgan fingerprint density at radius 3 is 2.22 bits per heavy atom. The van der Waals surface area contributed by atoms with Gasteiger partial charge < -0.3 is 14.7 Å². The average molecular weight is 332 g/mol. The molecule has 0 saturated heterocycles. The maximum Gasteiger partial charge on any atom is 0.133 e. The molecule has 0 aliphatic rings. The van der Waals surface area contributed by atoms with E-state index in [1.54, 1.807) is 12.1 Å². The molecule has 0 aromatic heterocycles. The van der Waals surface area contributed by atoms with Crippen molar-refractivity contribution in [3.05, 3.63) is 52.6 Å². The van der Waals surface area contributed by atoms with Crippen LogP contribution in [0.5, 0.6) is 17.2 Å². The topological polar surface area (TPSA) is 49.7 Å². The van der Waals surface area contributed by atoms with Crippen LogP contribution in [0.4, 0.5) is 0 Å². The lowest BCUT2D eigenvalue weighted by Crippen LogP contribution is -1.96. The number of hydrogen-bond acceptors (Lipinski definition) is 3. The van der Waals surface area contributed by atoms with Gasteiger partial charge in [-0.2, -0.15) is 0 Å². The molecule has 1 unspecified atom stereocenters. The molecule has 0 aliphatic carbocycles. The quantitative estimate of drug-likeness (QED) is 0.716. The highest BCUT2D eigenvalue weighted by Gasteiger charge is 2.12. The van der Waals surface area contributed by atoms with Gasteiger partial charge in [-0.25, -0.2) is 0 Å². The van der Waals surface area contributed by atoms with Crippen molar-refractivity contribution >= 4 is 8.15 Å². The van der Waals surface area contributed by atoms with E-state index in [0.29, 0.717) is 11.9 Å². The third kappa shape index (κ3) is 4.46. The highest BCUT2D eigenvalue weighted by molar-refractivity contribution is 7.49. The van der Waals surface area contributed by atoms with E-state index in [1.165, 1.54) is 0 Å². The fourth-order valence-corrected chi connectivity index (χ4v) is 3.44. The lowest BCUT2D eigenvalue weighted by atomic mass is 10.0. The minimum atomic E-state index is -0.943. The normalized spacial score (nSPS) is 12.5. The molecule has 2 aromatic rings. The molecular weight excluding hydrogens is 307 g/mol. The highest BCUT2D eigenvalue weighted by Crippen LogP contribution is 2.36. The fraction of sp³-hybridized carbons (Fsp3) is 0.368. The largest absolute Gasteiger partial charge is 0.508 e. The molecule has 0 fully saturated rings. The zero-order valence-electron chi connectivity index (χ0n) is 14.4. The van der Waals surface area contributed by atoms with Crippen molar-refractivity contribution in [2.45, 2.75) is 39.8 Å². The fourth-order valence-electron chi connectivity index (χ4n) is 2.73. The molecule has 0 saturated carbocycles. The Labute approximate surface area is 139 Å². The minimum absolute atomic E-state index is 0.233. The first-order chi connectivity index (χ1) is 10.8. The van der Waals surface area contributed by atoms with Gasteiger partial charge in [0.05, 0.1) is 0 Å². The maximum atomic E-state index is 9.92. The number of phenolic OH excluding ortho intramolecular Hbond substituents is 1. The van der Waals surface area contributed by atoms with E-state index in [-0.39, 0.29) is 5.92 Å². The minimum Gasteiger partial charge on any atom is -0.508 e. The third-order valence-corrected chi connectivity index (χ3v) is 4.60. The van der Waals surface area contributed by atoms with Crippen molar-refractivity contribution < 1.29 is 14.7 Å². The van der Waals surface area contributed by atoms with Crippen molar-refractivity contribution in [3.63, 3.8) is 0 Å². The van der Waals surface area contributed by atoms with Crippen LogP contribution in [0, 0.1) is 13.8 Å². The summed E-state index contributed by atoms with van der Waals surface area (Å²) in [4.78, 5) is 9.61. The molecule has 0 spiro atoms. The summed E-state index contributed by atoms with van der Waals surface area (Å²) in [7, 11) is -0.943. The van der Waals surface area contributed by atoms with Gasteiger partial charge in [-0.3, -0.25) is 0 Å². The van der Waals surface area contributed by atoms with E-state index >= 15 is 0 Å². The molecule has 0 aliphatic heterocycles. The Hall–Kier alpha value is -1.57. The predicted octanol–water partition coefficient (Wildman–Crippen LogP) is 5.44. The molecule has 2 rings (SSSR count). The molecule has 23 heavy (non-hydrogen) atoms. The molecule has 0 bridgehead atoms. The monoisotopic (exact) mass is 332 g/mol. The molecule has 0 heterocycles. The van der Waals surface area contributed by atoms with E-state index < -0.39 is 8.15 Å². The van der Waals surface area contributed by atoms with Gasteiger partial charge in [-0.1, -0.05) is 26.0 Å². The van der Waals surface area contributed by atoms with Crippen LogP contribution in [0.1, 0.15) is 42.0 Å². The van der Waals surface area contributed by atoms with Crippen molar-refractivity contribution in [2.75, 3.05) is 6.66 Å². The summed E-state index contributed by atoms with van der Waals surface area (Å²) in [6.07, 6.45) is 0.702. The zero-order chi connectivity index (χ0) is 17.1. The Balaban J connectivity index is 2.32. The van der Waals surface area contributed by atoms with Gasteiger partial charge in [0.2, 0.25) is 0 Å². The van der Waals surface area contributed by atoms with Crippen LogP contribution in [0.15, 0.2) is 30.3 Å². The number of aromatic hydroxyl groups is 1. The molecule has 2 aromatic carbocycles. The van der Waals surface area contributed by atoms with Gasteiger partial charge in [0, 0.05) is 19.9 Å². The SMILES string of the molecule is Cc1cc(CP(C)O)cc(C)c1Oc1ccc(O)c(C(C)C)c1. The second kappa shape index (κ2) is 7.33. The summed E-state index contributed by atoms with van der Waals surface area (Å²) >= 11 is 0. The molecule has 4 heteroatoms. The van der Waals surface area contributed by atoms with Crippen LogP contribution in [-0.4, -0.2) is 16.7 Å². The number of hydrogen-bond donors (Lipinski definition) is 2. The van der Waals surface area contributed by atoms with Crippen molar-refractivity contribution in [1.29, 1.82) is 0 Å². The summed E-state index contributed by atoms with van der Waals surface area (Å²) in [5, 5.41) is 9.92. The first kappa shape index (κ1) is 17.8. The van der Waals surface area contributed by atoms with E-state index in [0.717, 1.165) is 33.8 Å². The molecule has 2 N–H and O–H groups in total. The molecule has 0 radical (unpaired) electrons. The standard InChI is InChI=1S/C19H25O3P/c1-12(2)17-10-16(6-7-18(17)20)22-19-13(3)8-15(9-14(19)4)11-23(5)21/h6-10,12,20-21H,11H2,1-5H3. The molecular formula is C19H25O3P. The van der Waals surface area contributed by atoms with Crippen LogP contribution in [0.25, 0.3) is 0 Å². The van der Waals surface area contributed by atoms with Crippen molar-refractivity contribution in [1.82, 2.24) is 0 Å². The summed E-state index contributed by atoms with van der Waals surface area (Å²) in [6.45, 7) is 9.98. The number of rotatable bonds is 5. The number of benzene rings is 2. The van der Waals surface area contributed by atoms with E-state index in [9.17, 15) is 10.00 Å². The Kier molecular flexibility index (Phi) is 5.67. The Morgan fingerprint density at radius 2 is 1.70 bits per heavy atom. The molecule has 3 nitrogen and oxygen atoms in total.